The standard InChI is InChI=1S/C19H14FN3O2S/c20-14-5-1-11(2-6-14)18(25)23-19-22-16(10-26-19)13-3-7-15-12(9-13)4-8-17(24)21-15/h1-3,5-7,9-10H,4,8H2,(H,21,24)(H,22,23,25). The Labute approximate surface area is 152 Å². The maximum Gasteiger partial charge on any atom is 0.257 e. The lowest BCUT2D eigenvalue weighted by Gasteiger charge is -2.17. The van der Waals surface area contributed by atoms with E-state index in [2.05, 4.69) is 15.6 Å². The second-order valence-corrected chi connectivity index (χ2v) is 6.78. The van der Waals surface area contributed by atoms with Crippen LogP contribution in [0.1, 0.15) is 22.3 Å². The lowest BCUT2D eigenvalue weighted by Crippen LogP contribution is -2.18. The van der Waals surface area contributed by atoms with Crippen molar-refractivity contribution in [2.24, 2.45) is 0 Å². The van der Waals surface area contributed by atoms with Gasteiger partial charge in [0.15, 0.2) is 5.13 Å². The predicted molar refractivity (Wildman–Crippen MR) is 98.9 cm³/mol. The summed E-state index contributed by atoms with van der Waals surface area (Å²) in [5.41, 5.74) is 3.97. The molecule has 2 N–H and O–H groups in total. The summed E-state index contributed by atoms with van der Waals surface area (Å²) in [6, 6.07) is 11.1. The zero-order valence-corrected chi connectivity index (χ0v) is 14.4. The van der Waals surface area contributed by atoms with Gasteiger partial charge in [0.25, 0.3) is 5.91 Å². The minimum atomic E-state index is -0.387. The first-order valence-corrected chi connectivity index (χ1v) is 8.92. The van der Waals surface area contributed by atoms with Crippen LogP contribution in [0.15, 0.2) is 47.8 Å². The number of benzene rings is 2. The van der Waals surface area contributed by atoms with Gasteiger partial charge >= 0.3 is 0 Å². The fourth-order valence-corrected chi connectivity index (χ4v) is 3.49. The summed E-state index contributed by atoms with van der Waals surface area (Å²) < 4.78 is 12.9. The fraction of sp³-hybridized carbons (Fsp3) is 0.105. The molecule has 2 aromatic carbocycles. The highest BCUT2D eigenvalue weighted by atomic mass is 32.1. The molecule has 3 aromatic rings. The highest BCUT2D eigenvalue weighted by molar-refractivity contribution is 7.14. The summed E-state index contributed by atoms with van der Waals surface area (Å²) in [6.07, 6.45) is 1.18. The number of carbonyl (C=O) groups excluding carboxylic acids is 2. The topological polar surface area (TPSA) is 71.1 Å². The van der Waals surface area contributed by atoms with Gasteiger partial charge in [-0.2, -0.15) is 0 Å². The number of rotatable bonds is 3. The summed E-state index contributed by atoms with van der Waals surface area (Å²) in [6.45, 7) is 0. The number of amides is 2. The molecule has 0 bridgehead atoms. The lowest BCUT2D eigenvalue weighted by atomic mass is 9.99. The third-order valence-corrected chi connectivity index (χ3v) is 4.89. The molecule has 130 valence electrons. The molecule has 4 rings (SSSR count). The van der Waals surface area contributed by atoms with Gasteiger partial charge in [0.2, 0.25) is 5.91 Å². The molecule has 7 heteroatoms. The molecule has 1 aromatic heterocycles. The van der Waals surface area contributed by atoms with E-state index in [1.54, 1.807) is 0 Å². The second kappa shape index (κ2) is 6.68. The monoisotopic (exact) mass is 367 g/mol. The van der Waals surface area contributed by atoms with E-state index in [-0.39, 0.29) is 17.6 Å². The number of anilines is 2. The van der Waals surface area contributed by atoms with E-state index in [1.807, 2.05) is 23.6 Å². The fourth-order valence-electron chi connectivity index (χ4n) is 2.78. The van der Waals surface area contributed by atoms with Crippen molar-refractivity contribution >= 4 is 34.0 Å². The molecule has 0 atom stereocenters. The van der Waals surface area contributed by atoms with Crippen LogP contribution in [-0.2, 0) is 11.2 Å². The number of thiazole rings is 1. The SMILES string of the molecule is O=C1CCc2cc(-c3csc(NC(=O)c4ccc(F)cc4)n3)ccc2N1. The van der Waals surface area contributed by atoms with Crippen molar-refractivity contribution in [3.05, 3.63) is 64.8 Å². The Morgan fingerprint density at radius 2 is 1.96 bits per heavy atom. The van der Waals surface area contributed by atoms with Crippen LogP contribution in [0.5, 0.6) is 0 Å². The lowest BCUT2D eigenvalue weighted by molar-refractivity contribution is -0.116. The Bertz CT molecular complexity index is 998. The van der Waals surface area contributed by atoms with Gasteiger partial charge in [0, 0.05) is 28.6 Å². The number of nitrogens with zero attached hydrogens (tertiary/aromatic N) is 1. The minimum Gasteiger partial charge on any atom is -0.326 e. The van der Waals surface area contributed by atoms with Gasteiger partial charge in [-0.25, -0.2) is 9.37 Å². The first-order chi connectivity index (χ1) is 12.6. The average Bonchev–Trinajstić information content (AvgIpc) is 3.10. The van der Waals surface area contributed by atoms with Crippen LogP contribution in [0.3, 0.4) is 0 Å². The van der Waals surface area contributed by atoms with Gasteiger partial charge in [0.1, 0.15) is 5.82 Å². The number of aromatic nitrogens is 1. The van der Waals surface area contributed by atoms with Gasteiger partial charge < -0.3 is 5.32 Å². The summed E-state index contributed by atoms with van der Waals surface area (Å²) in [4.78, 5) is 28.1. The van der Waals surface area contributed by atoms with Crippen molar-refractivity contribution in [3.63, 3.8) is 0 Å². The van der Waals surface area contributed by atoms with Crippen molar-refractivity contribution in [3.8, 4) is 11.3 Å². The van der Waals surface area contributed by atoms with Crippen LogP contribution in [-0.4, -0.2) is 16.8 Å². The maximum atomic E-state index is 12.9. The van der Waals surface area contributed by atoms with Crippen molar-refractivity contribution in [1.82, 2.24) is 4.98 Å². The normalized spacial score (nSPS) is 13.0. The summed E-state index contributed by atoms with van der Waals surface area (Å²) in [5, 5.41) is 7.91. The summed E-state index contributed by atoms with van der Waals surface area (Å²) in [5.74, 6) is -0.689. The molecular weight excluding hydrogens is 353 g/mol. The number of carbonyl (C=O) groups is 2. The van der Waals surface area contributed by atoms with Gasteiger partial charge in [-0.05, 0) is 48.4 Å². The number of nitrogens with one attached hydrogen (secondary N) is 2. The second-order valence-electron chi connectivity index (χ2n) is 5.92. The van der Waals surface area contributed by atoms with Crippen molar-refractivity contribution in [2.75, 3.05) is 10.6 Å². The van der Waals surface area contributed by atoms with E-state index in [9.17, 15) is 14.0 Å². The molecule has 1 aliphatic heterocycles. The zero-order chi connectivity index (χ0) is 18.1. The highest BCUT2D eigenvalue weighted by Crippen LogP contribution is 2.30. The molecule has 0 spiro atoms. The number of hydrogen-bond donors (Lipinski definition) is 2. The van der Waals surface area contributed by atoms with Crippen LogP contribution >= 0.6 is 11.3 Å². The van der Waals surface area contributed by atoms with Crippen molar-refractivity contribution in [1.29, 1.82) is 0 Å². The van der Waals surface area contributed by atoms with E-state index in [0.717, 1.165) is 22.5 Å². The first kappa shape index (κ1) is 16.4. The van der Waals surface area contributed by atoms with E-state index in [4.69, 9.17) is 0 Å². The average molecular weight is 367 g/mol. The molecule has 0 saturated heterocycles. The van der Waals surface area contributed by atoms with E-state index in [0.29, 0.717) is 23.5 Å². The number of hydrogen-bond acceptors (Lipinski definition) is 4. The zero-order valence-electron chi connectivity index (χ0n) is 13.6. The van der Waals surface area contributed by atoms with E-state index >= 15 is 0 Å². The highest BCUT2D eigenvalue weighted by Gasteiger charge is 2.16. The molecule has 0 aliphatic carbocycles. The molecular formula is C19H14FN3O2S. The van der Waals surface area contributed by atoms with Gasteiger partial charge in [-0.3, -0.25) is 14.9 Å². The molecule has 26 heavy (non-hydrogen) atoms. The first-order valence-electron chi connectivity index (χ1n) is 8.04. The Balaban J connectivity index is 1.52. The van der Waals surface area contributed by atoms with E-state index in [1.165, 1.54) is 35.6 Å². The Morgan fingerprint density at radius 3 is 2.77 bits per heavy atom. The third kappa shape index (κ3) is 3.34. The Morgan fingerprint density at radius 1 is 1.15 bits per heavy atom. The number of aryl methyl sites for hydroxylation is 1. The Hall–Kier alpha value is -3.06. The maximum absolute atomic E-state index is 12.9. The molecule has 0 unspecified atom stereocenters. The molecule has 0 fully saturated rings. The van der Waals surface area contributed by atoms with Crippen LogP contribution < -0.4 is 10.6 Å². The summed E-state index contributed by atoms with van der Waals surface area (Å²) >= 11 is 1.32. The molecule has 1 aliphatic rings. The van der Waals surface area contributed by atoms with Gasteiger partial charge in [0.05, 0.1) is 5.69 Å². The number of halogens is 1. The van der Waals surface area contributed by atoms with Crippen molar-refractivity contribution < 1.29 is 14.0 Å². The van der Waals surface area contributed by atoms with Crippen LogP contribution in [0.2, 0.25) is 0 Å². The summed E-state index contributed by atoms with van der Waals surface area (Å²) in [7, 11) is 0. The van der Waals surface area contributed by atoms with Crippen LogP contribution in [0.4, 0.5) is 15.2 Å². The minimum absolute atomic E-state index is 0.0321. The van der Waals surface area contributed by atoms with Crippen LogP contribution in [0.25, 0.3) is 11.3 Å². The Kier molecular flexibility index (Phi) is 4.22. The third-order valence-electron chi connectivity index (χ3n) is 4.13. The van der Waals surface area contributed by atoms with Gasteiger partial charge in [-0.15, -0.1) is 11.3 Å². The molecule has 2 amide bonds. The predicted octanol–water partition coefficient (Wildman–Crippen LogP) is 4.09. The van der Waals surface area contributed by atoms with Crippen molar-refractivity contribution in [2.45, 2.75) is 12.8 Å². The van der Waals surface area contributed by atoms with Crippen LogP contribution in [0, 0.1) is 5.82 Å². The molecule has 0 radical (unpaired) electrons. The molecule has 5 nitrogen and oxygen atoms in total. The van der Waals surface area contributed by atoms with E-state index < -0.39 is 0 Å². The van der Waals surface area contributed by atoms with Gasteiger partial charge in [-0.1, -0.05) is 6.07 Å². The number of fused-ring (bicyclic) bond motifs is 1. The molecule has 0 saturated carbocycles. The smallest absolute Gasteiger partial charge is 0.257 e. The largest absolute Gasteiger partial charge is 0.326 e. The molecule has 2 heterocycles. The quantitative estimate of drug-likeness (QED) is 0.733.